The molecular formula is C26H56N2O4. The quantitative estimate of drug-likeness (QED) is 0.0897. The highest BCUT2D eigenvalue weighted by atomic mass is 16.6. The molecule has 0 unspecified atom stereocenters. The van der Waals surface area contributed by atoms with Crippen molar-refractivity contribution >= 4 is 0 Å². The van der Waals surface area contributed by atoms with Crippen molar-refractivity contribution < 1.29 is 18.8 Å². The molecule has 6 nitrogen and oxygen atoms in total. The van der Waals surface area contributed by atoms with Crippen LogP contribution in [0.25, 0.3) is 0 Å². The molecule has 0 heterocycles. The van der Waals surface area contributed by atoms with E-state index < -0.39 is 0 Å². The van der Waals surface area contributed by atoms with E-state index in [9.17, 15) is 10.4 Å². The fourth-order valence-corrected chi connectivity index (χ4v) is 4.05. The Balaban J connectivity index is 4.10. The first-order valence-electron chi connectivity index (χ1n) is 13.7. The molecule has 0 aromatic heterocycles. The number of nitrogens with zero attached hydrogens (tertiary/aromatic N) is 2. The topological polar surface area (TPSA) is 64.6 Å². The zero-order valence-electron chi connectivity index (χ0n) is 22.1. The second-order valence-electron chi connectivity index (χ2n) is 9.51. The van der Waals surface area contributed by atoms with Crippen molar-refractivity contribution in [3.8, 4) is 0 Å². The molecule has 0 amide bonds. The highest BCUT2D eigenvalue weighted by Gasteiger charge is 2.17. The van der Waals surface area contributed by atoms with Gasteiger partial charge in [0, 0.05) is 0 Å². The second-order valence-corrected chi connectivity index (χ2v) is 9.51. The summed E-state index contributed by atoms with van der Waals surface area (Å²) >= 11 is 0. The van der Waals surface area contributed by atoms with Gasteiger partial charge in [-0.15, -0.1) is 0 Å². The van der Waals surface area contributed by atoms with Crippen molar-refractivity contribution in [2.75, 3.05) is 65.7 Å². The molecule has 0 fully saturated rings. The highest BCUT2D eigenvalue weighted by molar-refractivity contribution is 4.50. The normalized spacial score (nSPS) is 12.6. The lowest BCUT2D eigenvalue weighted by molar-refractivity contribution is -0.881. The van der Waals surface area contributed by atoms with Gasteiger partial charge in [-0.05, 0) is 51.4 Å². The summed E-state index contributed by atoms with van der Waals surface area (Å²) in [4.78, 5) is 0. The Morgan fingerprint density at radius 1 is 0.406 bits per heavy atom. The fraction of sp³-hybridized carbons (Fsp3) is 1.00. The molecule has 0 spiro atoms. The van der Waals surface area contributed by atoms with Crippen LogP contribution in [0.3, 0.4) is 0 Å². The summed E-state index contributed by atoms with van der Waals surface area (Å²) in [5, 5.41) is 26.2. The number of rotatable bonds is 25. The van der Waals surface area contributed by atoms with Crippen LogP contribution in [0, 0.1) is 10.4 Å². The van der Waals surface area contributed by atoms with Crippen LogP contribution in [0.2, 0.25) is 0 Å². The average Bonchev–Trinajstić information content (AvgIpc) is 2.76. The van der Waals surface area contributed by atoms with Crippen LogP contribution in [0.1, 0.15) is 105 Å². The molecule has 6 heteroatoms. The van der Waals surface area contributed by atoms with E-state index in [1.165, 1.54) is 0 Å². The first-order valence-corrected chi connectivity index (χ1v) is 13.7. The predicted octanol–water partition coefficient (Wildman–Crippen LogP) is 6.41. The van der Waals surface area contributed by atoms with E-state index in [0.29, 0.717) is 65.7 Å². The summed E-state index contributed by atoms with van der Waals surface area (Å²) < 4.78 is 11.2. The molecule has 0 bridgehead atoms. The molecule has 0 radical (unpaired) electrons. The van der Waals surface area contributed by atoms with Crippen molar-refractivity contribution in [1.29, 1.82) is 0 Å². The Kier molecular flexibility index (Phi) is 21.1. The first kappa shape index (κ1) is 31.8. The number of quaternary nitrogens is 2. The van der Waals surface area contributed by atoms with Gasteiger partial charge in [0.1, 0.15) is 13.1 Å². The molecule has 0 rings (SSSR count). The van der Waals surface area contributed by atoms with Gasteiger partial charge in [-0.1, -0.05) is 53.4 Å². The number of unbranched alkanes of at least 4 members (excludes halogenated alkanes) is 8. The Morgan fingerprint density at radius 3 is 0.938 bits per heavy atom. The smallest absolute Gasteiger partial charge is 0.102 e. The van der Waals surface area contributed by atoms with Gasteiger partial charge in [-0.3, -0.25) is 0 Å². The van der Waals surface area contributed by atoms with Crippen LogP contribution in [0.15, 0.2) is 0 Å². The Labute approximate surface area is 200 Å². The number of hydrogen-bond acceptors (Lipinski definition) is 4. The van der Waals surface area contributed by atoms with Gasteiger partial charge in [0.2, 0.25) is 0 Å². The second kappa shape index (κ2) is 21.3. The Morgan fingerprint density at radius 2 is 0.688 bits per heavy atom. The van der Waals surface area contributed by atoms with Gasteiger partial charge >= 0.3 is 0 Å². The number of hydroxylamine groups is 6. The Bertz CT molecular complexity index is 340. The minimum Gasteiger partial charge on any atom is -0.633 e. The summed E-state index contributed by atoms with van der Waals surface area (Å²) in [5.41, 5.74) is 0. The minimum absolute atomic E-state index is 0.118. The van der Waals surface area contributed by atoms with E-state index in [1.54, 1.807) is 0 Å². The van der Waals surface area contributed by atoms with E-state index in [4.69, 9.17) is 9.47 Å². The van der Waals surface area contributed by atoms with Gasteiger partial charge in [-0.2, -0.15) is 0 Å². The monoisotopic (exact) mass is 460 g/mol. The zero-order valence-corrected chi connectivity index (χ0v) is 22.1. The summed E-state index contributed by atoms with van der Waals surface area (Å²) in [6.45, 7) is 14.5. The maximum atomic E-state index is 13.1. The van der Waals surface area contributed by atoms with Gasteiger partial charge in [0.25, 0.3) is 0 Å². The molecule has 194 valence electrons. The summed E-state index contributed by atoms with van der Waals surface area (Å²) in [6, 6.07) is 0. The molecule has 0 aliphatic rings. The minimum atomic E-state index is -0.118. The van der Waals surface area contributed by atoms with Gasteiger partial charge < -0.3 is 29.2 Å². The molecule has 0 aliphatic heterocycles. The van der Waals surface area contributed by atoms with Gasteiger partial charge in [0.05, 0.1) is 52.6 Å². The van der Waals surface area contributed by atoms with Crippen molar-refractivity contribution in [2.24, 2.45) is 0 Å². The summed E-state index contributed by atoms with van der Waals surface area (Å²) in [7, 11) is 0. The zero-order chi connectivity index (χ0) is 24.0. The Hall–Kier alpha value is -0.240. The summed E-state index contributed by atoms with van der Waals surface area (Å²) in [5.74, 6) is 0. The lowest BCUT2D eigenvalue weighted by Crippen LogP contribution is -2.46. The van der Waals surface area contributed by atoms with E-state index >= 15 is 0 Å². The van der Waals surface area contributed by atoms with E-state index in [1.807, 2.05) is 0 Å². The maximum absolute atomic E-state index is 13.1. The SMILES string of the molecule is CCCCC[N+]([O-])(CCCCC)CCOCCOCC[N+]([O-])(CCCCC)CCCCC. The first-order chi connectivity index (χ1) is 15.4. The molecule has 32 heavy (non-hydrogen) atoms. The number of ether oxygens (including phenoxy) is 2. The third kappa shape index (κ3) is 18.2. The molecule has 0 saturated heterocycles. The number of hydrogen-bond donors (Lipinski definition) is 0. The predicted molar refractivity (Wildman–Crippen MR) is 136 cm³/mol. The highest BCUT2D eigenvalue weighted by Crippen LogP contribution is 2.13. The van der Waals surface area contributed by atoms with Gasteiger partial charge in [0.15, 0.2) is 0 Å². The fourth-order valence-electron chi connectivity index (χ4n) is 4.05. The lowest BCUT2D eigenvalue weighted by Gasteiger charge is -2.43. The standard InChI is InChI=1S/C26H56N2O4/c1-5-9-13-17-27(29,18-14-10-6-2)21-23-31-25-26-32-24-22-28(30,19-15-11-7-3)20-16-12-8-4/h5-26H2,1-4H3. The molecular weight excluding hydrogens is 404 g/mol. The largest absolute Gasteiger partial charge is 0.633 e. The van der Waals surface area contributed by atoms with Crippen LogP contribution >= 0.6 is 0 Å². The molecule has 0 N–H and O–H groups in total. The maximum Gasteiger partial charge on any atom is 0.102 e. The van der Waals surface area contributed by atoms with Crippen LogP contribution in [0.5, 0.6) is 0 Å². The van der Waals surface area contributed by atoms with E-state index in [-0.39, 0.29) is 9.29 Å². The third-order valence-corrected chi connectivity index (χ3v) is 6.34. The molecule has 0 aromatic rings. The summed E-state index contributed by atoms with van der Waals surface area (Å²) in [6.07, 6.45) is 13.1. The lowest BCUT2D eigenvalue weighted by atomic mass is 10.2. The van der Waals surface area contributed by atoms with Crippen LogP contribution in [-0.4, -0.2) is 75.0 Å². The van der Waals surface area contributed by atoms with Crippen molar-refractivity contribution in [1.82, 2.24) is 0 Å². The molecule has 0 aliphatic carbocycles. The average molecular weight is 461 g/mol. The molecule has 0 aromatic carbocycles. The molecule has 0 atom stereocenters. The van der Waals surface area contributed by atoms with Crippen LogP contribution in [-0.2, 0) is 9.47 Å². The van der Waals surface area contributed by atoms with Crippen molar-refractivity contribution in [3.63, 3.8) is 0 Å². The van der Waals surface area contributed by atoms with E-state index in [0.717, 1.165) is 77.0 Å². The van der Waals surface area contributed by atoms with Crippen molar-refractivity contribution in [2.45, 2.75) is 105 Å². The van der Waals surface area contributed by atoms with E-state index in [2.05, 4.69) is 27.7 Å². The third-order valence-electron chi connectivity index (χ3n) is 6.34. The van der Waals surface area contributed by atoms with Crippen LogP contribution in [0.4, 0.5) is 0 Å². The van der Waals surface area contributed by atoms with Gasteiger partial charge in [-0.25, -0.2) is 0 Å². The molecule has 0 saturated carbocycles. The van der Waals surface area contributed by atoms with Crippen molar-refractivity contribution in [3.05, 3.63) is 10.4 Å². The van der Waals surface area contributed by atoms with Crippen LogP contribution < -0.4 is 0 Å².